The zero-order valence-corrected chi connectivity index (χ0v) is 15.9. The van der Waals surface area contributed by atoms with E-state index in [-0.39, 0.29) is 6.61 Å². The van der Waals surface area contributed by atoms with Crippen LogP contribution in [0.2, 0.25) is 0 Å². The number of nitrogens with zero attached hydrogens (tertiary/aromatic N) is 2. The second-order valence-corrected chi connectivity index (χ2v) is 7.49. The standard InChI is InChI=1S/C18H33N3OS/c1-5-19-18(20-14-16(9-11-22)13-15(2)3)21(4)10-8-17-7-6-12-23-17/h6-7,12,15-16,22H,5,8-11,13-14H2,1-4H3,(H,19,20). The molecule has 1 unspecified atom stereocenters. The Hall–Kier alpha value is -1.07. The first-order valence-electron chi connectivity index (χ1n) is 8.69. The molecule has 2 N–H and O–H groups in total. The lowest BCUT2D eigenvalue weighted by molar-refractivity contribution is 0.245. The number of hydrogen-bond donors (Lipinski definition) is 2. The number of nitrogens with one attached hydrogen (secondary N) is 1. The molecule has 1 aromatic rings. The Morgan fingerprint density at radius 3 is 2.78 bits per heavy atom. The smallest absolute Gasteiger partial charge is 0.193 e. The molecular formula is C18H33N3OS. The highest BCUT2D eigenvalue weighted by atomic mass is 32.1. The first-order valence-corrected chi connectivity index (χ1v) is 9.57. The van der Waals surface area contributed by atoms with Crippen molar-refractivity contribution in [3.63, 3.8) is 0 Å². The highest BCUT2D eigenvalue weighted by Crippen LogP contribution is 2.16. The van der Waals surface area contributed by atoms with Crippen LogP contribution in [0.25, 0.3) is 0 Å². The van der Waals surface area contributed by atoms with Gasteiger partial charge in [0.2, 0.25) is 0 Å². The number of likely N-dealkylation sites (N-methyl/N-ethyl adjacent to an activating group) is 1. The van der Waals surface area contributed by atoms with Gasteiger partial charge in [0.15, 0.2) is 5.96 Å². The van der Waals surface area contributed by atoms with Crippen molar-refractivity contribution in [1.82, 2.24) is 10.2 Å². The first kappa shape index (κ1) is 20.0. The highest BCUT2D eigenvalue weighted by molar-refractivity contribution is 7.09. The molecular weight excluding hydrogens is 306 g/mol. The van der Waals surface area contributed by atoms with Gasteiger partial charge in [-0.3, -0.25) is 4.99 Å². The van der Waals surface area contributed by atoms with Crippen LogP contribution in [0.1, 0.15) is 38.5 Å². The van der Waals surface area contributed by atoms with Crippen molar-refractivity contribution in [2.24, 2.45) is 16.8 Å². The average Bonchev–Trinajstić information content (AvgIpc) is 3.02. The molecule has 1 atom stereocenters. The van der Waals surface area contributed by atoms with Gasteiger partial charge < -0.3 is 15.3 Å². The fraction of sp³-hybridized carbons (Fsp3) is 0.722. The molecule has 0 aliphatic heterocycles. The number of thiophene rings is 1. The van der Waals surface area contributed by atoms with Gasteiger partial charge in [-0.15, -0.1) is 11.3 Å². The number of aliphatic hydroxyl groups is 1. The number of guanidine groups is 1. The van der Waals surface area contributed by atoms with E-state index in [4.69, 9.17) is 4.99 Å². The maximum atomic E-state index is 9.24. The molecule has 4 nitrogen and oxygen atoms in total. The fourth-order valence-electron chi connectivity index (χ4n) is 2.66. The summed E-state index contributed by atoms with van der Waals surface area (Å²) in [6.07, 6.45) is 2.99. The lowest BCUT2D eigenvalue weighted by atomic mass is 9.94. The van der Waals surface area contributed by atoms with E-state index in [0.29, 0.717) is 11.8 Å². The quantitative estimate of drug-likeness (QED) is 0.508. The van der Waals surface area contributed by atoms with Crippen molar-refractivity contribution < 1.29 is 5.11 Å². The van der Waals surface area contributed by atoms with Gasteiger partial charge in [-0.05, 0) is 49.5 Å². The Balaban J connectivity index is 2.58. The minimum atomic E-state index is 0.248. The monoisotopic (exact) mass is 339 g/mol. The molecule has 0 aromatic carbocycles. The second-order valence-electron chi connectivity index (χ2n) is 6.45. The molecule has 0 aliphatic rings. The van der Waals surface area contributed by atoms with E-state index in [0.717, 1.165) is 44.9 Å². The molecule has 1 aromatic heterocycles. The third-order valence-corrected chi connectivity index (χ3v) is 4.75. The summed E-state index contributed by atoms with van der Waals surface area (Å²) in [4.78, 5) is 8.42. The molecule has 0 spiro atoms. The van der Waals surface area contributed by atoms with Crippen molar-refractivity contribution in [2.45, 2.75) is 40.0 Å². The normalized spacial score (nSPS) is 13.4. The van der Waals surface area contributed by atoms with E-state index >= 15 is 0 Å². The molecule has 0 saturated heterocycles. The zero-order valence-electron chi connectivity index (χ0n) is 15.1. The first-order chi connectivity index (χ1) is 11.1. The third-order valence-electron chi connectivity index (χ3n) is 3.81. The Labute approximate surface area is 145 Å². The number of hydrogen-bond acceptors (Lipinski definition) is 3. The molecule has 0 amide bonds. The maximum absolute atomic E-state index is 9.24. The van der Waals surface area contributed by atoms with E-state index < -0.39 is 0 Å². The van der Waals surface area contributed by atoms with Crippen LogP contribution < -0.4 is 5.32 Å². The molecule has 5 heteroatoms. The van der Waals surface area contributed by atoms with Crippen LogP contribution in [0, 0.1) is 11.8 Å². The predicted octanol–water partition coefficient (Wildman–Crippen LogP) is 3.23. The summed E-state index contributed by atoms with van der Waals surface area (Å²) in [5, 5.41) is 14.7. The van der Waals surface area contributed by atoms with Crippen molar-refractivity contribution in [3.8, 4) is 0 Å². The molecule has 0 fully saturated rings. The lowest BCUT2D eigenvalue weighted by Gasteiger charge is -2.23. The average molecular weight is 340 g/mol. The maximum Gasteiger partial charge on any atom is 0.193 e. The Kier molecular flexibility index (Phi) is 9.96. The molecule has 1 heterocycles. The lowest BCUT2D eigenvalue weighted by Crippen LogP contribution is -2.40. The van der Waals surface area contributed by atoms with Crippen LogP contribution in [-0.4, -0.2) is 49.3 Å². The van der Waals surface area contributed by atoms with E-state index in [2.05, 4.69) is 55.5 Å². The molecule has 1 rings (SSSR count). The second kappa shape index (κ2) is 11.5. The summed E-state index contributed by atoms with van der Waals surface area (Å²) in [5.74, 6) is 2.07. The fourth-order valence-corrected chi connectivity index (χ4v) is 3.35. The minimum absolute atomic E-state index is 0.248. The minimum Gasteiger partial charge on any atom is -0.396 e. The van der Waals surface area contributed by atoms with Gasteiger partial charge in [-0.1, -0.05) is 19.9 Å². The van der Waals surface area contributed by atoms with Gasteiger partial charge in [-0.2, -0.15) is 0 Å². The predicted molar refractivity (Wildman–Crippen MR) is 101 cm³/mol. The van der Waals surface area contributed by atoms with Crippen LogP contribution in [0.5, 0.6) is 0 Å². The highest BCUT2D eigenvalue weighted by Gasteiger charge is 2.12. The number of aliphatic imine (C=N–C) groups is 1. The van der Waals surface area contributed by atoms with E-state index in [9.17, 15) is 5.11 Å². The van der Waals surface area contributed by atoms with E-state index in [1.807, 2.05) is 0 Å². The van der Waals surface area contributed by atoms with Gasteiger partial charge in [0.05, 0.1) is 0 Å². The topological polar surface area (TPSA) is 47.9 Å². The third kappa shape index (κ3) is 8.37. The van der Waals surface area contributed by atoms with Crippen LogP contribution >= 0.6 is 11.3 Å². The van der Waals surface area contributed by atoms with Crippen LogP contribution in [0.3, 0.4) is 0 Å². The largest absolute Gasteiger partial charge is 0.396 e. The van der Waals surface area contributed by atoms with Gasteiger partial charge in [0, 0.05) is 38.2 Å². The molecule has 0 saturated carbocycles. The Bertz CT molecular complexity index is 431. The van der Waals surface area contributed by atoms with Gasteiger partial charge >= 0.3 is 0 Å². The summed E-state index contributed by atoms with van der Waals surface area (Å²) < 4.78 is 0. The zero-order chi connectivity index (χ0) is 17.1. The van der Waals surface area contributed by atoms with Gasteiger partial charge in [0.1, 0.15) is 0 Å². The van der Waals surface area contributed by atoms with Crippen molar-refractivity contribution in [1.29, 1.82) is 0 Å². The summed E-state index contributed by atoms with van der Waals surface area (Å²) >= 11 is 1.81. The van der Waals surface area contributed by atoms with Crippen LogP contribution in [0.4, 0.5) is 0 Å². The summed E-state index contributed by atoms with van der Waals surface area (Å²) in [7, 11) is 2.10. The van der Waals surface area contributed by atoms with Crippen LogP contribution in [0.15, 0.2) is 22.5 Å². The van der Waals surface area contributed by atoms with Gasteiger partial charge in [-0.25, -0.2) is 0 Å². The Morgan fingerprint density at radius 1 is 1.43 bits per heavy atom. The van der Waals surface area contributed by atoms with Crippen LogP contribution in [-0.2, 0) is 6.42 Å². The summed E-state index contributed by atoms with van der Waals surface area (Å²) in [6.45, 7) is 9.42. The number of rotatable bonds is 10. The van der Waals surface area contributed by atoms with Crippen molar-refractivity contribution in [3.05, 3.63) is 22.4 Å². The van der Waals surface area contributed by atoms with Crippen molar-refractivity contribution >= 4 is 17.3 Å². The Morgan fingerprint density at radius 2 is 2.22 bits per heavy atom. The van der Waals surface area contributed by atoms with E-state index in [1.54, 1.807) is 11.3 Å². The molecule has 23 heavy (non-hydrogen) atoms. The molecule has 0 bridgehead atoms. The summed E-state index contributed by atoms with van der Waals surface area (Å²) in [6, 6.07) is 4.28. The van der Waals surface area contributed by atoms with Crippen molar-refractivity contribution in [2.75, 3.05) is 33.3 Å². The van der Waals surface area contributed by atoms with Gasteiger partial charge in [0.25, 0.3) is 0 Å². The molecule has 0 radical (unpaired) electrons. The number of aliphatic hydroxyl groups excluding tert-OH is 1. The molecule has 132 valence electrons. The summed E-state index contributed by atoms with van der Waals surface area (Å²) in [5.41, 5.74) is 0. The molecule has 0 aliphatic carbocycles. The SMILES string of the molecule is CCNC(=NCC(CCO)CC(C)C)N(C)CCc1cccs1. The van der Waals surface area contributed by atoms with E-state index in [1.165, 1.54) is 4.88 Å².